The van der Waals surface area contributed by atoms with E-state index >= 15 is 0 Å². The van der Waals surface area contributed by atoms with Gasteiger partial charge in [0.2, 0.25) is 0 Å². The summed E-state index contributed by atoms with van der Waals surface area (Å²) in [6, 6.07) is 5.14. The molecule has 0 fully saturated rings. The molecule has 0 aliphatic rings. The summed E-state index contributed by atoms with van der Waals surface area (Å²) in [6.45, 7) is 7.17. The average Bonchev–Trinajstić information content (AvgIpc) is 2.06. The molecular formula is C11H17NO2. The maximum absolute atomic E-state index is 11.3. The third-order valence-corrected chi connectivity index (χ3v) is 1.77. The van der Waals surface area contributed by atoms with E-state index in [0.717, 1.165) is 0 Å². The Morgan fingerprint density at radius 1 is 1.36 bits per heavy atom. The molecule has 0 bridgehead atoms. The fraction of sp³-hybridized carbons (Fsp3) is 0.545. The standard InChI is InChI=1S/C11H17NO2/c1-11(2,3)14-9-8-12-7-5-4-6-10(12)13/h4-7H,8-9H2,1-3H3. The minimum absolute atomic E-state index is 0.0185. The Morgan fingerprint density at radius 3 is 2.64 bits per heavy atom. The molecule has 1 heterocycles. The molecule has 0 aliphatic heterocycles. The second-order valence-electron chi connectivity index (χ2n) is 4.19. The van der Waals surface area contributed by atoms with Crippen molar-refractivity contribution in [2.24, 2.45) is 0 Å². The van der Waals surface area contributed by atoms with Crippen LogP contribution < -0.4 is 5.56 Å². The van der Waals surface area contributed by atoms with Crippen LogP contribution in [0.3, 0.4) is 0 Å². The molecule has 0 spiro atoms. The first-order valence-electron chi connectivity index (χ1n) is 4.78. The SMILES string of the molecule is CC(C)(C)OCCn1ccccc1=O. The third-order valence-electron chi connectivity index (χ3n) is 1.77. The Morgan fingerprint density at radius 2 is 2.07 bits per heavy atom. The van der Waals surface area contributed by atoms with Crippen LogP contribution in [0.2, 0.25) is 0 Å². The van der Waals surface area contributed by atoms with Gasteiger partial charge in [-0.3, -0.25) is 4.79 Å². The van der Waals surface area contributed by atoms with Gasteiger partial charge < -0.3 is 9.30 Å². The van der Waals surface area contributed by atoms with Gasteiger partial charge in [-0.1, -0.05) is 6.07 Å². The van der Waals surface area contributed by atoms with Crippen LogP contribution in [0.1, 0.15) is 20.8 Å². The first kappa shape index (κ1) is 11.0. The number of ether oxygens (including phenoxy) is 1. The Bertz CT molecular complexity index is 336. The maximum atomic E-state index is 11.3. The molecule has 1 aromatic heterocycles. The van der Waals surface area contributed by atoms with Crippen LogP contribution in [-0.2, 0) is 11.3 Å². The molecule has 0 amide bonds. The van der Waals surface area contributed by atoms with Crippen LogP contribution in [0.4, 0.5) is 0 Å². The number of hydrogen-bond donors (Lipinski definition) is 0. The third kappa shape index (κ3) is 3.75. The van der Waals surface area contributed by atoms with Crippen molar-refractivity contribution in [2.45, 2.75) is 32.9 Å². The Hall–Kier alpha value is -1.09. The van der Waals surface area contributed by atoms with Gasteiger partial charge in [0, 0.05) is 18.8 Å². The number of nitrogens with zero attached hydrogens (tertiary/aromatic N) is 1. The van der Waals surface area contributed by atoms with E-state index in [1.165, 1.54) is 0 Å². The maximum Gasteiger partial charge on any atom is 0.250 e. The molecule has 0 saturated carbocycles. The first-order chi connectivity index (χ1) is 6.49. The zero-order valence-electron chi connectivity index (χ0n) is 8.99. The van der Waals surface area contributed by atoms with Crippen LogP contribution in [0.5, 0.6) is 0 Å². The molecule has 0 atom stereocenters. The zero-order chi connectivity index (χ0) is 10.6. The van der Waals surface area contributed by atoms with Crippen LogP contribution in [0.25, 0.3) is 0 Å². The highest BCUT2D eigenvalue weighted by Gasteiger charge is 2.09. The summed E-state index contributed by atoms with van der Waals surface area (Å²) in [7, 11) is 0. The smallest absolute Gasteiger partial charge is 0.250 e. The van der Waals surface area contributed by atoms with E-state index in [0.29, 0.717) is 13.2 Å². The molecule has 1 aromatic rings. The largest absolute Gasteiger partial charge is 0.374 e. The molecule has 0 N–H and O–H groups in total. The van der Waals surface area contributed by atoms with Crippen LogP contribution in [0.15, 0.2) is 29.2 Å². The van der Waals surface area contributed by atoms with Crippen LogP contribution in [0, 0.1) is 0 Å². The van der Waals surface area contributed by atoms with Gasteiger partial charge in [-0.15, -0.1) is 0 Å². The molecule has 0 radical (unpaired) electrons. The van der Waals surface area contributed by atoms with Gasteiger partial charge in [-0.05, 0) is 26.8 Å². The summed E-state index contributed by atoms with van der Waals surface area (Å²) in [5, 5.41) is 0. The minimum Gasteiger partial charge on any atom is -0.374 e. The highest BCUT2D eigenvalue weighted by molar-refractivity contribution is 4.92. The van der Waals surface area contributed by atoms with Crippen LogP contribution in [-0.4, -0.2) is 16.8 Å². The molecule has 3 nitrogen and oxygen atoms in total. The van der Waals surface area contributed by atoms with Crippen molar-refractivity contribution < 1.29 is 4.74 Å². The van der Waals surface area contributed by atoms with Gasteiger partial charge in [-0.2, -0.15) is 0 Å². The predicted molar refractivity (Wildman–Crippen MR) is 56.4 cm³/mol. The second kappa shape index (κ2) is 4.42. The first-order valence-corrected chi connectivity index (χ1v) is 4.78. The molecule has 0 aliphatic carbocycles. The lowest BCUT2D eigenvalue weighted by atomic mass is 10.2. The zero-order valence-corrected chi connectivity index (χ0v) is 8.99. The summed E-state index contributed by atoms with van der Waals surface area (Å²) in [4.78, 5) is 11.3. The molecule has 1 rings (SSSR count). The Kier molecular flexibility index (Phi) is 3.47. The molecule has 3 heteroatoms. The quantitative estimate of drug-likeness (QED) is 0.734. The number of hydrogen-bond acceptors (Lipinski definition) is 2. The molecule has 0 aromatic carbocycles. The lowest BCUT2D eigenvalue weighted by molar-refractivity contribution is -0.00712. The van der Waals surface area contributed by atoms with E-state index in [-0.39, 0.29) is 11.2 Å². The molecular weight excluding hydrogens is 178 g/mol. The molecule has 0 saturated heterocycles. The summed E-state index contributed by atoms with van der Waals surface area (Å²) < 4.78 is 7.17. The fourth-order valence-electron chi connectivity index (χ4n) is 1.10. The van der Waals surface area contributed by atoms with Gasteiger partial charge in [0.05, 0.1) is 12.2 Å². The predicted octanol–water partition coefficient (Wildman–Crippen LogP) is 1.66. The van der Waals surface area contributed by atoms with Crippen molar-refractivity contribution in [3.63, 3.8) is 0 Å². The average molecular weight is 195 g/mol. The van der Waals surface area contributed by atoms with Crippen molar-refractivity contribution >= 4 is 0 Å². The van der Waals surface area contributed by atoms with Crippen LogP contribution >= 0.6 is 0 Å². The lowest BCUT2D eigenvalue weighted by Gasteiger charge is -2.19. The fourth-order valence-corrected chi connectivity index (χ4v) is 1.10. The normalized spacial score (nSPS) is 11.6. The topological polar surface area (TPSA) is 31.2 Å². The summed E-state index contributed by atoms with van der Waals surface area (Å²) in [6.07, 6.45) is 1.77. The molecule has 0 unspecified atom stereocenters. The van der Waals surface area contributed by atoms with E-state index < -0.39 is 0 Å². The highest BCUT2D eigenvalue weighted by atomic mass is 16.5. The number of aromatic nitrogens is 1. The van der Waals surface area contributed by atoms with Crippen molar-refractivity contribution in [2.75, 3.05) is 6.61 Å². The number of rotatable bonds is 3. The van der Waals surface area contributed by atoms with Crippen molar-refractivity contribution in [3.8, 4) is 0 Å². The van der Waals surface area contributed by atoms with Gasteiger partial charge in [0.15, 0.2) is 0 Å². The summed E-state index contributed by atoms with van der Waals surface area (Å²) >= 11 is 0. The van der Waals surface area contributed by atoms with Crippen molar-refractivity contribution in [3.05, 3.63) is 34.7 Å². The van der Waals surface area contributed by atoms with Gasteiger partial charge in [-0.25, -0.2) is 0 Å². The van der Waals surface area contributed by atoms with E-state index in [1.54, 1.807) is 22.9 Å². The second-order valence-corrected chi connectivity index (χ2v) is 4.19. The molecule has 78 valence electrons. The lowest BCUT2D eigenvalue weighted by Crippen LogP contribution is -2.25. The van der Waals surface area contributed by atoms with Gasteiger partial charge >= 0.3 is 0 Å². The Labute approximate surface area is 84.3 Å². The number of pyridine rings is 1. The molecule has 14 heavy (non-hydrogen) atoms. The van der Waals surface area contributed by atoms with Gasteiger partial charge in [0.25, 0.3) is 5.56 Å². The van der Waals surface area contributed by atoms with Crippen molar-refractivity contribution in [1.29, 1.82) is 0 Å². The monoisotopic (exact) mass is 195 g/mol. The van der Waals surface area contributed by atoms with E-state index in [9.17, 15) is 4.79 Å². The van der Waals surface area contributed by atoms with Gasteiger partial charge in [0.1, 0.15) is 0 Å². The highest BCUT2D eigenvalue weighted by Crippen LogP contribution is 2.05. The minimum atomic E-state index is -0.140. The van der Waals surface area contributed by atoms with E-state index in [2.05, 4.69) is 0 Å². The van der Waals surface area contributed by atoms with Crippen molar-refractivity contribution in [1.82, 2.24) is 4.57 Å². The van der Waals surface area contributed by atoms with E-state index in [1.807, 2.05) is 26.8 Å². The summed E-state index contributed by atoms with van der Waals surface area (Å²) in [5.74, 6) is 0. The van der Waals surface area contributed by atoms with E-state index in [4.69, 9.17) is 4.74 Å². The summed E-state index contributed by atoms with van der Waals surface area (Å²) in [5.41, 5.74) is -0.122. The Balaban J connectivity index is 2.47.